The van der Waals surface area contributed by atoms with Gasteiger partial charge in [0.05, 0.1) is 12.8 Å². The number of nitrogens with one attached hydrogen (secondary N) is 2. The van der Waals surface area contributed by atoms with E-state index in [1.165, 1.54) is 0 Å². The maximum absolute atomic E-state index is 11.6. The fourth-order valence-corrected chi connectivity index (χ4v) is 1.66. The van der Waals surface area contributed by atoms with Gasteiger partial charge in [-0.15, -0.1) is 0 Å². The second-order valence-electron chi connectivity index (χ2n) is 4.19. The Balaban J connectivity index is 1.83. The average molecular weight is 283 g/mol. The lowest BCUT2D eigenvalue weighted by Gasteiger charge is -2.03. The first-order chi connectivity index (χ1) is 10.3. The van der Waals surface area contributed by atoms with Crippen molar-refractivity contribution in [3.63, 3.8) is 0 Å². The molecule has 0 aromatic heterocycles. The van der Waals surface area contributed by atoms with Crippen LogP contribution in [-0.4, -0.2) is 18.9 Å². The molecule has 108 valence electrons. The normalized spacial score (nSPS) is 10.3. The Bertz CT molecular complexity index is 595. The van der Waals surface area contributed by atoms with Crippen molar-refractivity contribution in [1.29, 1.82) is 0 Å². The Morgan fingerprint density at radius 1 is 1.14 bits per heavy atom. The van der Waals surface area contributed by atoms with Crippen LogP contribution < -0.4 is 15.5 Å². The number of carbonyl (C=O) groups is 1. The zero-order valence-corrected chi connectivity index (χ0v) is 11.7. The summed E-state index contributed by atoms with van der Waals surface area (Å²) < 4.78 is 5.35. The van der Waals surface area contributed by atoms with Gasteiger partial charge in [0.1, 0.15) is 5.75 Å². The number of benzene rings is 2. The van der Waals surface area contributed by atoms with Crippen molar-refractivity contribution in [2.75, 3.05) is 11.9 Å². The van der Waals surface area contributed by atoms with E-state index in [9.17, 15) is 4.79 Å². The van der Waals surface area contributed by atoms with Gasteiger partial charge in [0.15, 0.2) is 0 Å². The molecule has 0 radical (unpaired) electrons. The molecule has 0 saturated carbocycles. The van der Waals surface area contributed by atoms with Crippen LogP contribution in [0.4, 0.5) is 10.5 Å². The topological polar surface area (TPSA) is 62.7 Å². The molecular weight excluding hydrogens is 266 g/mol. The summed E-state index contributed by atoms with van der Waals surface area (Å²) in [7, 11) is 0. The third kappa shape index (κ3) is 4.99. The highest BCUT2D eigenvalue weighted by atomic mass is 16.5. The van der Waals surface area contributed by atoms with Crippen molar-refractivity contribution in [2.45, 2.75) is 6.92 Å². The molecule has 0 atom stereocenters. The Morgan fingerprint density at radius 2 is 1.86 bits per heavy atom. The number of urea groups is 1. The predicted molar refractivity (Wildman–Crippen MR) is 83.8 cm³/mol. The van der Waals surface area contributed by atoms with Crippen LogP contribution in [-0.2, 0) is 0 Å². The number of rotatable bonds is 5. The third-order valence-corrected chi connectivity index (χ3v) is 2.60. The van der Waals surface area contributed by atoms with Crippen LogP contribution in [0, 0.1) is 0 Å². The standard InChI is InChI=1S/C16H17N3O2/c1-2-21-15-10-8-13(9-11-15)12-17-19-16(20)18-14-6-4-3-5-7-14/h3-12H,2H2,1H3,(H2,18,19,20). The van der Waals surface area contributed by atoms with Crippen LogP contribution in [0.5, 0.6) is 5.75 Å². The maximum Gasteiger partial charge on any atom is 0.339 e. The number of ether oxygens (including phenoxy) is 1. The number of anilines is 1. The van der Waals surface area contributed by atoms with Crippen molar-refractivity contribution in [3.05, 3.63) is 60.2 Å². The quantitative estimate of drug-likeness (QED) is 0.653. The highest BCUT2D eigenvalue weighted by molar-refractivity contribution is 5.90. The molecule has 0 unspecified atom stereocenters. The SMILES string of the molecule is CCOc1ccc(C=NNC(=O)Nc2ccccc2)cc1. The number of hydrazone groups is 1. The van der Waals surface area contributed by atoms with Crippen LogP contribution in [0.2, 0.25) is 0 Å². The fourth-order valence-electron chi connectivity index (χ4n) is 1.66. The van der Waals surface area contributed by atoms with E-state index >= 15 is 0 Å². The Labute approximate surface area is 123 Å². The van der Waals surface area contributed by atoms with Crippen molar-refractivity contribution in [3.8, 4) is 5.75 Å². The van der Waals surface area contributed by atoms with Crippen molar-refractivity contribution >= 4 is 17.9 Å². The van der Waals surface area contributed by atoms with Gasteiger partial charge in [0.25, 0.3) is 0 Å². The molecule has 0 saturated heterocycles. The lowest BCUT2D eigenvalue weighted by atomic mass is 10.2. The molecule has 5 heteroatoms. The van der Waals surface area contributed by atoms with E-state index in [-0.39, 0.29) is 6.03 Å². The van der Waals surface area contributed by atoms with E-state index in [1.807, 2.05) is 49.4 Å². The molecule has 0 aliphatic rings. The van der Waals surface area contributed by atoms with Crippen LogP contribution in [0.1, 0.15) is 12.5 Å². The van der Waals surface area contributed by atoms with Crippen molar-refractivity contribution in [1.82, 2.24) is 5.43 Å². The molecule has 2 N–H and O–H groups in total. The van der Waals surface area contributed by atoms with Crippen molar-refractivity contribution in [2.24, 2.45) is 5.10 Å². The first-order valence-electron chi connectivity index (χ1n) is 6.66. The largest absolute Gasteiger partial charge is 0.494 e. The molecule has 2 aromatic rings. The molecule has 0 spiro atoms. The summed E-state index contributed by atoms with van der Waals surface area (Å²) in [6.45, 7) is 2.57. The highest BCUT2D eigenvalue weighted by Crippen LogP contribution is 2.10. The van der Waals surface area contributed by atoms with Gasteiger partial charge in [0, 0.05) is 5.69 Å². The molecule has 0 aliphatic carbocycles. The Hall–Kier alpha value is -2.82. The van der Waals surface area contributed by atoms with Gasteiger partial charge in [-0.25, -0.2) is 10.2 Å². The van der Waals surface area contributed by atoms with Crippen LogP contribution in [0.25, 0.3) is 0 Å². The zero-order valence-electron chi connectivity index (χ0n) is 11.7. The maximum atomic E-state index is 11.6. The minimum Gasteiger partial charge on any atom is -0.494 e. The number of para-hydroxylation sites is 1. The summed E-state index contributed by atoms with van der Waals surface area (Å²) in [5.74, 6) is 0.810. The van der Waals surface area contributed by atoms with Crippen LogP contribution >= 0.6 is 0 Å². The molecule has 0 aliphatic heterocycles. The zero-order chi connectivity index (χ0) is 14.9. The summed E-state index contributed by atoms with van der Waals surface area (Å²) in [6.07, 6.45) is 1.57. The predicted octanol–water partition coefficient (Wildman–Crippen LogP) is 3.24. The summed E-state index contributed by atoms with van der Waals surface area (Å²) in [5.41, 5.74) is 4.00. The summed E-state index contributed by atoms with van der Waals surface area (Å²) in [5, 5.41) is 6.56. The second-order valence-corrected chi connectivity index (χ2v) is 4.19. The molecule has 5 nitrogen and oxygen atoms in total. The molecule has 21 heavy (non-hydrogen) atoms. The lowest BCUT2D eigenvalue weighted by molar-refractivity contribution is 0.252. The second kappa shape index (κ2) is 7.69. The minimum atomic E-state index is -0.386. The van der Waals surface area contributed by atoms with E-state index < -0.39 is 0 Å². The smallest absolute Gasteiger partial charge is 0.339 e. The number of amides is 2. The van der Waals surface area contributed by atoms with Gasteiger partial charge < -0.3 is 10.1 Å². The van der Waals surface area contributed by atoms with E-state index in [4.69, 9.17) is 4.74 Å². The average Bonchev–Trinajstić information content (AvgIpc) is 2.50. The summed E-state index contributed by atoms with van der Waals surface area (Å²) in [4.78, 5) is 11.6. The molecule has 0 heterocycles. The van der Waals surface area contributed by atoms with E-state index in [0.717, 1.165) is 11.3 Å². The number of hydrogen-bond acceptors (Lipinski definition) is 3. The lowest BCUT2D eigenvalue weighted by Crippen LogP contribution is -2.24. The van der Waals surface area contributed by atoms with Gasteiger partial charge >= 0.3 is 6.03 Å². The molecular formula is C16H17N3O2. The molecule has 0 fully saturated rings. The highest BCUT2D eigenvalue weighted by Gasteiger charge is 1.98. The number of nitrogens with zero attached hydrogens (tertiary/aromatic N) is 1. The number of hydrogen-bond donors (Lipinski definition) is 2. The first kappa shape index (κ1) is 14.6. The van der Waals surface area contributed by atoms with Gasteiger partial charge in [-0.2, -0.15) is 5.10 Å². The summed E-state index contributed by atoms with van der Waals surface area (Å²) >= 11 is 0. The van der Waals surface area contributed by atoms with E-state index in [1.54, 1.807) is 18.3 Å². The van der Waals surface area contributed by atoms with Gasteiger partial charge in [-0.1, -0.05) is 18.2 Å². The number of carbonyl (C=O) groups excluding carboxylic acids is 1. The minimum absolute atomic E-state index is 0.386. The fraction of sp³-hybridized carbons (Fsp3) is 0.125. The van der Waals surface area contributed by atoms with Crippen molar-refractivity contribution < 1.29 is 9.53 Å². The molecule has 2 rings (SSSR count). The molecule has 0 bridgehead atoms. The molecule has 2 aromatic carbocycles. The van der Waals surface area contributed by atoms with Gasteiger partial charge in [0.2, 0.25) is 0 Å². The van der Waals surface area contributed by atoms with Gasteiger partial charge in [-0.3, -0.25) is 0 Å². The summed E-state index contributed by atoms with van der Waals surface area (Å²) in [6, 6.07) is 16.2. The Kier molecular flexibility index (Phi) is 5.34. The molecule has 2 amide bonds. The van der Waals surface area contributed by atoms with E-state index in [0.29, 0.717) is 12.3 Å². The third-order valence-electron chi connectivity index (χ3n) is 2.60. The monoisotopic (exact) mass is 283 g/mol. The Morgan fingerprint density at radius 3 is 2.52 bits per heavy atom. The van der Waals surface area contributed by atoms with Crippen LogP contribution in [0.3, 0.4) is 0 Å². The van der Waals surface area contributed by atoms with Crippen LogP contribution in [0.15, 0.2) is 59.7 Å². The first-order valence-corrected chi connectivity index (χ1v) is 6.66. The van der Waals surface area contributed by atoms with E-state index in [2.05, 4.69) is 15.8 Å². The van der Waals surface area contributed by atoms with Gasteiger partial charge in [-0.05, 0) is 48.9 Å².